The Hall–Kier alpha value is -3.63. The van der Waals surface area contributed by atoms with Crippen molar-refractivity contribution < 1.29 is 19.0 Å². The predicted octanol–water partition coefficient (Wildman–Crippen LogP) is 4.20. The van der Waals surface area contributed by atoms with Gasteiger partial charge in [-0.05, 0) is 71.2 Å². The average Bonchev–Trinajstić information content (AvgIpc) is 3.21. The maximum absolute atomic E-state index is 13.9. The van der Waals surface area contributed by atoms with Crippen molar-refractivity contribution in [2.24, 2.45) is 4.99 Å². The Bertz CT molecular complexity index is 1620. The van der Waals surface area contributed by atoms with Crippen LogP contribution in [0.4, 0.5) is 5.69 Å². The maximum atomic E-state index is 13.9. The van der Waals surface area contributed by atoms with Gasteiger partial charge in [-0.3, -0.25) is 9.36 Å². The molecular formula is C29H30BrN3O5S. The van der Waals surface area contributed by atoms with Crippen LogP contribution in [0.15, 0.2) is 74.6 Å². The van der Waals surface area contributed by atoms with E-state index in [-0.39, 0.29) is 12.2 Å². The van der Waals surface area contributed by atoms with E-state index in [0.717, 1.165) is 16.8 Å². The van der Waals surface area contributed by atoms with Crippen LogP contribution in [0, 0.1) is 0 Å². The summed E-state index contributed by atoms with van der Waals surface area (Å²) in [6, 6.07) is 10.8. The molecule has 1 aromatic heterocycles. The molecule has 10 heteroatoms. The summed E-state index contributed by atoms with van der Waals surface area (Å²) in [5.41, 5.74) is 3.15. The molecule has 2 aromatic carbocycles. The minimum atomic E-state index is -0.672. The third-order valence-electron chi connectivity index (χ3n) is 6.14. The zero-order chi connectivity index (χ0) is 28.3. The van der Waals surface area contributed by atoms with Crippen LogP contribution in [0.2, 0.25) is 0 Å². The molecule has 204 valence electrons. The highest BCUT2D eigenvalue weighted by Gasteiger charge is 2.33. The van der Waals surface area contributed by atoms with Gasteiger partial charge in [-0.25, -0.2) is 9.79 Å². The smallest absolute Gasteiger partial charge is 0.338 e. The highest BCUT2D eigenvalue weighted by Crippen LogP contribution is 2.37. The van der Waals surface area contributed by atoms with Gasteiger partial charge in [-0.2, -0.15) is 0 Å². The van der Waals surface area contributed by atoms with Crippen molar-refractivity contribution in [3.63, 3.8) is 0 Å². The maximum Gasteiger partial charge on any atom is 0.338 e. The molecule has 1 atom stereocenters. The first kappa shape index (κ1) is 28.4. The van der Waals surface area contributed by atoms with E-state index in [2.05, 4.69) is 27.5 Å². The first-order valence-electron chi connectivity index (χ1n) is 12.3. The Balaban J connectivity index is 1.89. The van der Waals surface area contributed by atoms with Crippen molar-refractivity contribution in [2.75, 3.05) is 39.3 Å². The van der Waals surface area contributed by atoms with Crippen molar-refractivity contribution in [3.05, 3.63) is 95.6 Å². The molecule has 0 saturated heterocycles. The second-order valence-corrected chi connectivity index (χ2v) is 10.8. The highest BCUT2D eigenvalue weighted by atomic mass is 79.9. The van der Waals surface area contributed by atoms with Gasteiger partial charge in [0.1, 0.15) is 6.61 Å². The summed E-state index contributed by atoms with van der Waals surface area (Å²) < 4.78 is 19.4. The number of aromatic nitrogens is 1. The molecule has 0 aliphatic carbocycles. The summed E-state index contributed by atoms with van der Waals surface area (Å²) >= 11 is 4.81. The number of benzene rings is 2. The second kappa shape index (κ2) is 12.0. The lowest BCUT2D eigenvalue weighted by Gasteiger charge is -2.25. The molecule has 39 heavy (non-hydrogen) atoms. The molecule has 8 nitrogen and oxygen atoms in total. The molecule has 0 N–H and O–H groups in total. The van der Waals surface area contributed by atoms with Gasteiger partial charge in [0.15, 0.2) is 16.3 Å². The molecule has 0 fully saturated rings. The highest BCUT2D eigenvalue weighted by molar-refractivity contribution is 9.10. The van der Waals surface area contributed by atoms with Crippen molar-refractivity contribution in [3.8, 4) is 11.5 Å². The van der Waals surface area contributed by atoms with E-state index in [1.807, 2.05) is 49.3 Å². The lowest BCUT2D eigenvalue weighted by atomic mass is 9.95. The molecule has 1 unspecified atom stereocenters. The number of esters is 1. The minimum absolute atomic E-state index is 0.218. The predicted molar refractivity (Wildman–Crippen MR) is 158 cm³/mol. The summed E-state index contributed by atoms with van der Waals surface area (Å²) in [4.78, 5) is 34.1. The number of hydrogen-bond acceptors (Lipinski definition) is 8. The molecule has 2 heterocycles. The quantitative estimate of drug-likeness (QED) is 0.266. The monoisotopic (exact) mass is 611 g/mol. The number of nitrogens with zero attached hydrogens (tertiary/aromatic N) is 3. The number of allylic oxidation sites excluding steroid dienone is 1. The second-order valence-electron chi connectivity index (χ2n) is 8.92. The number of halogens is 1. The van der Waals surface area contributed by atoms with Crippen molar-refractivity contribution >= 4 is 45.0 Å². The summed E-state index contributed by atoms with van der Waals surface area (Å²) in [6.07, 6.45) is 3.43. The fourth-order valence-electron chi connectivity index (χ4n) is 4.32. The summed E-state index contributed by atoms with van der Waals surface area (Å²) in [7, 11) is 5.47. The summed E-state index contributed by atoms with van der Waals surface area (Å²) in [6.45, 7) is 7.75. The van der Waals surface area contributed by atoms with Gasteiger partial charge >= 0.3 is 5.97 Å². The largest absolute Gasteiger partial charge is 0.493 e. The number of carbonyl (C=O) groups is 1. The number of methoxy groups -OCH3 is 1. The molecule has 0 spiro atoms. The number of ether oxygens (including phenoxy) is 3. The van der Waals surface area contributed by atoms with E-state index >= 15 is 0 Å². The van der Waals surface area contributed by atoms with Crippen LogP contribution in [0.5, 0.6) is 11.5 Å². The molecule has 0 bridgehead atoms. The molecule has 1 aliphatic heterocycles. The first-order chi connectivity index (χ1) is 18.7. The number of thiazole rings is 1. The number of fused-ring (bicyclic) bond motifs is 1. The Morgan fingerprint density at radius 3 is 2.59 bits per heavy atom. The van der Waals surface area contributed by atoms with E-state index in [1.54, 1.807) is 43.7 Å². The van der Waals surface area contributed by atoms with Crippen molar-refractivity contribution in [1.82, 2.24) is 4.57 Å². The van der Waals surface area contributed by atoms with Crippen LogP contribution in [-0.2, 0) is 9.53 Å². The Morgan fingerprint density at radius 2 is 1.97 bits per heavy atom. The van der Waals surface area contributed by atoms with Crippen LogP contribution in [0.25, 0.3) is 6.08 Å². The van der Waals surface area contributed by atoms with E-state index in [9.17, 15) is 9.59 Å². The Kier molecular flexibility index (Phi) is 8.76. The SMILES string of the molecule is C=CCOc1c(Br)cc(C=c2sc3n(c2=O)C(c2ccc(N(C)C)cc2)C(C(=O)OCC)=C(C)N=3)cc1OC. The van der Waals surface area contributed by atoms with Crippen LogP contribution < -0.4 is 29.3 Å². The zero-order valence-corrected chi connectivity index (χ0v) is 24.9. The van der Waals surface area contributed by atoms with E-state index < -0.39 is 12.0 Å². The van der Waals surface area contributed by atoms with Crippen molar-refractivity contribution in [2.45, 2.75) is 19.9 Å². The third-order valence-corrected chi connectivity index (χ3v) is 7.71. The van der Waals surface area contributed by atoms with Crippen LogP contribution in [-0.4, -0.2) is 45.0 Å². The molecule has 4 rings (SSSR count). The number of anilines is 1. The topological polar surface area (TPSA) is 82.4 Å². The fraction of sp³-hybridized carbons (Fsp3) is 0.276. The summed E-state index contributed by atoms with van der Waals surface area (Å²) in [5, 5.41) is 0. The van der Waals surface area contributed by atoms with Crippen molar-refractivity contribution in [1.29, 1.82) is 0 Å². The normalized spacial score (nSPS) is 14.9. The van der Waals surface area contributed by atoms with Crippen LogP contribution in [0.3, 0.4) is 0 Å². The zero-order valence-electron chi connectivity index (χ0n) is 22.5. The molecule has 0 amide bonds. The summed E-state index contributed by atoms with van der Waals surface area (Å²) in [5.74, 6) is 0.579. The number of carbonyl (C=O) groups excluding carboxylic acids is 1. The fourth-order valence-corrected chi connectivity index (χ4v) is 5.94. The number of rotatable bonds is 9. The van der Waals surface area contributed by atoms with Gasteiger partial charge in [0.25, 0.3) is 5.56 Å². The molecule has 0 saturated carbocycles. The van der Waals surface area contributed by atoms with Gasteiger partial charge in [-0.1, -0.05) is 36.1 Å². The lowest BCUT2D eigenvalue weighted by Crippen LogP contribution is -2.39. The molecule has 0 radical (unpaired) electrons. The standard InChI is InChI=1S/C29H30BrN3O5S/c1-7-13-38-26-21(30)14-18(15-22(26)36-6)16-23-27(34)33-25(19-9-11-20(12-10-19)32(4)5)24(28(35)37-8-2)17(3)31-29(33)39-23/h7,9-12,14-16,25H,1,8,13H2,2-6H3. The Labute approximate surface area is 239 Å². The van der Waals surface area contributed by atoms with Gasteiger partial charge in [0.2, 0.25) is 0 Å². The van der Waals surface area contributed by atoms with Gasteiger partial charge in [0.05, 0.1) is 40.0 Å². The molecule has 1 aliphatic rings. The molecular weight excluding hydrogens is 582 g/mol. The first-order valence-corrected chi connectivity index (χ1v) is 13.9. The Morgan fingerprint density at radius 1 is 1.26 bits per heavy atom. The van der Waals surface area contributed by atoms with Crippen LogP contribution >= 0.6 is 27.3 Å². The van der Waals surface area contributed by atoms with Gasteiger partial charge in [0, 0.05) is 19.8 Å². The van der Waals surface area contributed by atoms with E-state index in [1.165, 1.54) is 11.3 Å². The number of hydrogen-bond donors (Lipinski definition) is 0. The lowest BCUT2D eigenvalue weighted by molar-refractivity contribution is -0.139. The van der Waals surface area contributed by atoms with Crippen LogP contribution in [0.1, 0.15) is 31.0 Å². The van der Waals surface area contributed by atoms with E-state index in [4.69, 9.17) is 14.2 Å². The average molecular weight is 613 g/mol. The third kappa shape index (κ3) is 5.72. The molecule has 3 aromatic rings. The van der Waals surface area contributed by atoms with Gasteiger partial charge in [-0.15, -0.1) is 0 Å². The van der Waals surface area contributed by atoms with E-state index in [0.29, 0.717) is 43.2 Å². The minimum Gasteiger partial charge on any atom is -0.493 e. The van der Waals surface area contributed by atoms with Gasteiger partial charge < -0.3 is 19.1 Å².